The Morgan fingerprint density at radius 1 is 1.27 bits per heavy atom. The first-order valence-corrected chi connectivity index (χ1v) is 4.06. The van der Waals surface area contributed by atoms with Crippen LogP contribution in [0.25, 0.3) is 11.3 Å². The van der Waals surface area contributed by atoms with Crippen molar-refractivity contribution in [2.45, 2.75) is 0 Å². The van der Waals surface area contributed by atoms with Crippen LogP contribution in [-0.4, -0.2) is 15.3 Å². The van der Waals surface area contributed by atoms with Gasteiger partial charge in [0, 0.05) is 5.56 Å². The number of rotatable bonds is 3. The molecule has 76 valence electrons. The Morgan fingerprint density at radius 2 is 2.00 bits per heavy atom. The second kappa shape index (κ2) is 3.74. The van der Waals surface area contributed by atoms with Crippen LogP contribution in [0.4, 0.5) is 5.82 Å². The fourth-order valence-corrected chi connectivity index (χ4v) is 1.13. The molecule has 0 aliphatic rings. The van der Waals surface area contributed by atoms with Gasteiger partial charge in [0.05, 0.1) is 0 Å². The SMILES string of the molecule is O=[N+]([O-])Nc1nonc1-c1ccccc1. The van der Waals surface area contributed by atoms with E-state index >= 15 is 0 Å². The van der Waals surface area contributed by atoms with Crippen LogP contribution in [0.15, 0.2) is 35.0 Å². The van der Waals surface area contributed by atoms with Gasteiger partial charge in [-0.15, -0.1) is 0 Å². The number of nitrogens with zero attached hydrogens (tertiary/aromatic N) is 3. The predicted molar refractivity (Wildman–Crippen MR) is 50.4 cm³/mol. The molecule has 0 spiro atoms. The average molecular weight is 206 g/mol. The highest BCUT2D eigenvalue weighted by atomic mass is 16.7. The van der Waals surface area contributed by atoms with E-state index in [1.807, 2.05) is 11.5 Å². The average Bonchev–Trinajstić information content (AvgIpc) is 2.66. The summed E-state index contributed by atoms with van der Waals surface area (Å²) in [6.45, 7) is 0. The van der Waals surface area contributed by atoms with Gasteiger partial charge in [0.2, 0.25) is 0 Å². The minimum absolute atomic E-state index is 0.00815. The lowest BCUT2D eigenvalue weighted by atomic mass is 10.1. The molecule has 2 rings (SSSR count). The highest BCUT2D eigenvalue weighted by Crippen LogP contribution is 2.23. The maximum Gasteiger partial charge on any atom is 0.261 e. The molecule has 0 aliphatic carbocycles. The summed E-state index contributed by atoms with van der Waals surface area (Å²) in [4.78, 5) is 10.2. The summed E-state index contributed by atoms with van der Waals surface area (Å²) in [6.07, 6.45) is 0. The van der Waals surface area contributed by atoms with Gasteiger partial charge in [0.25, 0.3) is 5.82 Å². The quantitative estimate of drug-likeness (QED) is 0.601. The van der Waals surface area contributed by atoms with Gasteiger partial charge < -0.3 is 0 Å². The van der Waals surface area contributed by atoms with Crippen LogP contribution < -0.4 is 5.43 Å². The molecule has 2 aromatic rings. The summed E-state index contributed by atoms with van der Waals surface area (Å²) >= 11 is 0. The first-order chi connectivity index (χ1) is 7.27. The van der Waals surface area contributed by atoms with E-state index in [-0.39, 0.29) is 5.82 Å². The number of hydrogen-bond acceptors (Lipinski definition) is 5. The van der Waals surface area contributed by atoms with E-state index < -0.39 is 5.03 Å². The molecule has 7 heteroatoms. The molecule has 0 unspecified atom stereocenters. The summed E-state index contributed by atoms with van der Waals surface area (Å²) in [6, 6.07) is 8.92. The van der Waals surface area contributed by atoms with E-state index in [2.05, 4.69) is 14.9 Å². The van der Waals surface area contributed by atoms with E-state index in [9.17, 15) is 10.1 Å². The van der Waals surface area contributed by atoms with Crippen molar-refractivity contribution in [3.05, 3.63) is 40.4 Å². The van der Waals surface area contributed by atoms with Crippen molar-refractivity contribution in [1.29, 1.82) is 0 Å². The van der Waals surface area contributed by atoms with Gasteiger partial charge in [-0.2, -0.15) is 0 Å². The minimum atomic E-state index is -0.716. The molecule has 0 atom stereocenters. The summed E-state index contributed by atoms with van der Waals surface area (Å²) < 4.78 is 4.43. The monoisotopic (exact) mass is 206 g/mol. The van der Waals surface area contributed by atoms with Crippen molar-refractivity contribution in [2.24, 2.45) is 0 Å². The van der Waals surface area contributed by atoms with Crippen molar-refractivity contribution >= 4 is 5.82 Å². The Labute approximate surface area is 83.8 Å². The van der Waals surface area contributed by atoms with Crippen molar-refractivity contribution in [1.82, 2.24) is 10.3 Å². The fourth-order valence-electron chi connectivity index (χ4n) is 1.13. The van der Waals surface area contributed by atoms with Crippen LogP contribution in [0.3, 0.4) is 0 Å². The van der Waals surface area contributed by atoms with Gasteiger partial charge in [-0.3, -0.25) is 0 Å². The molecule has 7 nitrogen and oxygen atoms in total. The molecule has 0 saturated carbocycles. The maximum absolute atomic E-state index is 10.2. The van der Waals surface area contributed by atoms with Crippen LogP contribution >= 0.6 is 0 Å². The van der Waals surface area contributed by atoms with Gasteiger partial charge in [0.15, 0.2) is 10.7 Å². The number of anilines is 1. The van der Waals surface area contributed by atoms with Gasteiger partial charge >= 0.3 is 0 Å². The lowest BCUT2D eigenvalue weighted by Gasteiger charge is -1.95. The van der Waals surface area contributed by atoms with Crippen molar-refractivity contribution < 1.29 is 9.66 Å². The Morgan fingerprint density at radius 3 is 2.67 bits per heavy atom. The summed E-state index contributed by atoms with van der Waals surface area (Å²) in [5, 5.41) is 16.5. The van der Waals surface area contributed by atoms with Gasteiger partial charge in [-0.25, -0.2) is 14.7 Å². The third-order valence-electron chi connectivity index (χ3n) is 1.73. The van der Waals surface area contributed by atoms with Crippen molar-refractivity contribution in [3.8, 4) is 11.3 Å². The molecule has 0 aliphatic heterocycles. The number of nitro groups is 1. The highest BCUT2D eigenvalue weighted by molar-refractivity contribution is 5.69. The molecule has 1 N–H and O–H groups in total. The fraction of sp³-hybridized carbons (Fsp3) is 0. The predicted octanol–water partition coefficient (Wildman–Crippen LogP) is 1.34. The van der Waals surface area contributed by atoms with E-state index in [0.717, 1.165) is 0 Å². The number of benzene rings is 1. The lowest BCUT2D eigenvalue weighted by Crippen LogP contribution is -2.08. The molecule has 0 fully saturated rings. The first-order valence-electron chi connectivity index (χ1n) is 4.06. The van der Waals surface area contributed by atoms with E-state index in [0.29, 0.717) is 11.3 Å². The van der Waals surface area contributed by atoms with Crippen LogP contribution in [0.5, 0.6) is 0 Å². The zero-order valence-corrected chi connectivity index (χ0v) is 7.45. The third kappa shape index (κ3) is 1.90. The number of hydrazine groups is 1. The highest BCUT2D eigenvalue weighted by Gasteiger charge is 2.15. The Bertz CT molecular complexity index is 468. The Kier molecular flexibility index (Phi) is 2.28. The van der Waals surface area contributed by atoms with E-state index in [1.54, 1.807) is 24.3 Å². The normalized spacial score (nSPS) is 9.87. The number of nitrogens with one attached hydrogen (secondary N) is 1. The zero-order valence-electron chi connectivity index (χ0n) is 7.45. The molecular weight excluding hydrogens is 200 g/mol. The standard InChI is InChI=1S/C8H6N4O3/c13-12(14)9-8-7(10-15-11-8)6-4-2-1-3-5-6/h1-5H,(H,9,11). The topological polar surface area (TPSA) is 94.1 Å². The second-order valence-corrected chi connectivity index (χ2v) is 2.70. The first kappa shape index (κ1) is 9.13. The molecule has 1 heterocycles. The molecular formula is C8H6N4O3. The molecule has 0 radical (unpaired) electrons. The summed E-state index contributed by atoms with van der Waals surface area (Å²) in [7, 11) is 0. The van der Waals surface area contributed by atoms with Gasteiger partial charge in [-0.1, -0.05) is 35.8 Å². The molecule has 0 bridgehead atoms. The third-order valence-corrected chi connectivity index (χ3v) is 1.73. The largest absolute Gasteiger partial charge is 0.261 e. The Balaban J connectivity index is 2.37. The number of hydrogen-bond donors (Lipinski definition) is 1. The second-order valence-electron chi connectivity index (χ2n) is 2.70. The Hall–Kier alpha value is -2.44. The van der Waals surface area contributed by atoms with Crippen molar-refractivity contribution in [2.75, 3.05) is 5.43 Å². The van der Waals surface area contributed by atoms with Crippen LogP contribution in [0.2, 0.25) is 0 Å². The summed E-state index contributed by atoms with van der Waals surface area (Å²) in [5.74, 6) is -0.00815. The summed E-state index contributed by atoms with van der Waals surface area (Å²) in [5.41, 5.74) is 2.92. The van der Waals surface area contributed by atoms with Gasteiger partial charge in [0.1, 0.15) is 0 Å². The minimum Gasteiger partial charge on any atom is -0.242 e. The molecule has 1 aromatic heterocycles. The smallest absolute Gasteiger partial charge is 0.242 e. The number of aromatic nitrogens is 2. The molecule has 15 heavy (non-hydrogen) atoms. The van der Waals surface area contributed by atoms with E-state index in [4.69, 9.17) is 0 Å². The van der Waals surface area contributed by atoms with Crippen LogP contribution in [-0.2, 0) is 0 Å². The van der Waals surface area contributed by atoms with Crippen LogP contribution in [0.1, 0.15) is 0 Å². The zero-order chi connectivity index (χ0) is 10.7. The lowest BCUT2D eigenvalue weighted by molar-refractivity contribution is -0.445. The molecule has 1 aromatic carbocycles. The van der Waals surface area contributed by atoms with Crippen molar-refractivity contribution in [3.63, 3.8) is 0 Å². The van der Waals surface area contributed by atoms with Crippen LogP contribution in [0, 0.1) is 10.1 Å². The van der Waals surface area contributed by atoms with E-state index in [1.165, 1.54) is 0 Å². The maximum atomic E-state index is 10.2. The van der Waals surface area contributed by atoms with Gasteiger partial charge in [-0.05, 0) is 10.3 Å². The molecule has 0 saturated heterocycles. The molecule has 0 amide bonds.